The summed E-state index contributed by atoms with van der Waals surface area (Å²) in [5.74, 6) is 0.454. The van der Waals surface area contributed by atoms with Crippen molar-refractivity contribution in [2.45, 2.75) is 13.3 Å². The Hall–Kier alpha value is -3.34. The Morgan fingerprint density at radius 2 is 2.00 bits per heavy atom. The fourth-order valence-corrected chi connectivity index (χ4v) is 3.13. The van der Waals surface area contributed by atoms with E-state index in [1.807, 2.05) is 49.4 Å². The first-order valence-electron chi connectivity index (χ1n) is 9.21. The van der Waals surface area contributed by atoms with E-state index in [-0.39, 0.29) is 16.9 Å². The van der Waals surface area contributed by atoms with Crippen molar-refractivity contribution in [1.29, 1.82) is 0 Å². The van der Waals surface area contributed by atoms with Crippen molar-refractivity contribution < 1.29 is 9.53 Å². The van der Waals surface area contributed by atoms with Crippen LogP contribution >= 0.6 is 0 Å². The number of carbonyl (C=O) groups excluding carboxylic acids is 1. The zero-order chi connectivity index (χ0) is 20.1. The van der Waals surface area contributed by atoms with Crippen LogP contribution in [0.5, 0.6) is 5.75 Å². The molecule has 3 aromatic rings. The number of allylic oxidation sites excluding steroid dienone is 1. The van der Waals surface area contributed by atoms with Crippen LogP contribution in [-0.2, 0) is 6.42 Å². The van der Waals surface area contributed by atoms with Gasteiger partial charge in [-0.1, -0.05) is 36.4 Å². The molecule has 0 spiro atoms. The molecular weight excluding hydrogens is 352 g/mol. The number of aromatic nitrogens is 1. The Balaban J connectivity index is 1.70. The minimum atomic E-state index is -0.326. The van der Waals surface area contributed by atoms with E-state index in [0.29, 0.717) is 18.5 Å². The van der Waals surface area contributed by atoms with Crippen molar-refractivity contribution in [2.75, 3.05) is 20.2 Å². The minimum absolute atomic E-state index is 0.132. The number of para-hydroxylation sites is 2. The minimum Gasteiger partial charge on any atom is -0.491 e. The lowest BCUT2D eigenvalue weighted by Crippen LogP contribution is -2.34. The lowest BCUT2D eigenvalue weighted by Gasteiger charge is -2.18. The van der Waals surface area contributed by atoms with Gasteiger partial charge in [-0.05, 0) is 36.6 Å². The monoisotopic (exact) mass is 376 g/mol. The Morgan fingerprint density at radius 3 is 2.79 bits per heavy atom. The summed E-state index contributed by atoms with van der Waals surface area (Å²) in [6, 6.07) is 13.2. The molecule has 0 aliphatic heterocycles. The zero-order valence-corrected chi connectivity index (χ0v) is 16.2. The van der Waals surface area contributed by atoms with Crippen molar-refractivity contribution in [2.24, 2.45) is 0 Å². The van der Waals surface area contributed by atoms with E-state index < -0.39 is 0 Å². The summed E-state index contributed by atoms with van der Waals surface area (Å²) in [6.07, 6.45) is 4.04. The van der Waals surface area contributed by atoms with Crippen LogP contribution in [0, 0.1) is 6.92 Å². The van der Waals surface area contributed by atoms with Crippen LogP contribution in [0.4, 0.5) is 0 Å². The fraction of sp³-hybridized carbons (Fsp3) is 0.217. The molecule has 5 heteroatoms. The number of ether oxygens (including phenoxy) is 1. The van der Waals surface area contributed by atoms with Gasteiger partial charge in [0.05, 0.1) is 12.1 Å². The number of aromatic amines is 1. The highest BCUT2D eigenvalue weighted by atomic mass is 16.5. The normalized spacial score (nSPS) is 10.6. The lowest BCUT2D eigenvalue weighted by atomic mass is 10.1. The van der Waals surface area contributed by atoms with Gasteiger partial charge in [-0.3, -0.25) is 9.59 Å². The van der Waals surface area contributed by atoms with Gasteiger partial charge in [0.1, 0.15) is 17.9 Å². The zero-order valence-electron chi connectivity index (χ0n) is 16.2. The molecule has 1 aromatic heterocycles. The standard InChI is InChI=1S/C23H24N2O3/c1-4-8-17-10-5-6-12-20(17)28-14-13-25(3)23(27)19-15-24-21-16(2)9-7-11-18(21)22(19)26/h4-7,9-12,15H,1,8,13-14H2,2-3H3,(H,24,26). The number of pyridine rings is 1. The van der Waals surface area contributed by atoms with Crippen molar-refractivity contribution in [3.8, 4) is 5.75 Å². The van der Waals surface area contributed by atoms with Gasteiger partial charge in [0.25, 0.3) is 5.91 Å². The summed E-state index contributed by atoms with van der Waals surface area (Å²) >= 11 is 0. The second-order valence-electron chi connectivity index (χ2n) is 6.70. The molecule has 0 saturated heterocycles. The molecule has 2 aromatic carbocycles. The summed E-state index contributed by atoms with van der Waals surface area (Å²) in [5.41, 5.74) is 2.65. The van der Waals surface area contributed by atoms with Crippen LogP contribution in [0.25, 0.3) is 10.9 Å². The Morgan fingerprint density at radius 1 is 1.21 bits per heavy atom. The second kappa shape index (κ2) is 8.57. The molecule has 0 atom stereocenters. The smallest absolute Gasteiger partial charge is 0.259 e. The quantitative estimate of drug-likeness (QED) is 0.640. The number of nitrogens with one attached hydrogen (secondary N) is 1. The number of benzene rings is 2. The molecule has 0 bridgehead atoms. The summed E-state index contributed by atoms with van der Waals surface area (Å²) in [5, 5.41) is 0.522. The molecule has 0 saturated carbocycles. The lowest BCUT2D eigenvalue weighted by molar-refractivity contribution is 0.0772. The van der Waals surface area contributed by atoms with Gasteiger partial charge in [-0.25, -0.2) is 0 Å². The van der Waals surface area contributed by atoms with Crippen LogP contribution < -0.4 is 10.2 Å². The number of nitrogens with zero attached hydrogens (tertiary/aromatic N) is 1. The molecule has 1 N–H and O–H groups in total. The molecule has 0 radical (unpaired) electrons. The van der Waals surface area contributed by atoms with E-state index in [0.717, 1.165) is 28.8 Å². The van der Waals surface area contributed by atoms with Gasteiger partial charge < -0.3 is 14.6 Å². The summed E-state index contributed by atoms with van der Waals surface area (Å²) in [7, 11) is 1.67. The van der Waals surface area contributed by atoms with Gasteiger partial charge >= 0.3 is 0 Å². The molecule has 3 rings (SSSR count). The van der Waals surface area contributed by atoms with E-state index in [2.05, 4.69) is 11.6 Å². The van der Waals surface area contributed by atoms with Crippen molar-refractivity contribution in [1.82, 2.24) is 9.88 Å². The highest BCUT2D eigenvalue weighted by Gasteiger charge is 2.17. The van der Waals surface area contributed by atoms with Gasteiger partial charge in [0.15, 0.2) is 0 Å². The molecular formula is C23H24N2O3. The summed E-state index contributed by atoms with van der Waals surface area (Å²) < 4.78 is 5.83. The molecule has 1 amide bonds. The maximum atomic E-state index is 12.7. The molecule has 28 heavy (non-hydrogen) atoms. The third-order valence-corrected chi connectivity index (χ3v) is 4.72. The first kappa shape index (κ1) is 19.4. The molecule has 0 unspecified atom stereocenters. The Kier molecular flexibility index (Phi) is 5.94. The largest absolute Gasteiger partial charge is 0.491 e. The highest BCUT2D eigenvalue weighted by molar-refractivity contribution is 5.97. The maximum absolute atomic E-state index is 12.7. The molecule has 0 fully saturated rings. The van der Waals surface area contributed by atoms with Gasteiger partial charge in [0.2, 0.25) is 5.43 Å². The third-order valence-electron chi connectivity index (χ3n) is 4.72. The van der Waals surface area contributed by atoms with Gasteiger partial charge in [-0.15, -0.1) is 6.58 Å². The average molecular weight is 376 g/mol. The summed E-state index contributed by atoms with van der Waals surface area (Å²) in [4.78, 5) is 30.1. The van der Waals surface area contributed by atoms with E-state index >= 15 is 0 Å². The van der Waals surface area contributed by atoms with Crippen LogP contribution in [0.2, 0.25) is 0 Å². The number of rotatable bonds is 7. The molecule has 144 valence electrons. The third kappa shape index (κ3) is 3.98. The van der Waals surface area contributed by atoms with E-state index in [9.17, 15) is 9.59 Å². The van der Waals surface area contributed by atoms with Gasteiger partial charge in [0, 0.05) is 18.6 Å². The Labute approximate surface area is 164 Å². The first-order valence-corrected chi connectivity index (χ1v) is 9.21. The van der Waals surface area contributed by atoms with Crippen molar-refractivity contribution >= 4 is 16.8 Å². The van der Waals surface area contributed by atoms with Crippen molar-refractivity contribution in [3.63, 3.8) is 0 Å². The Bertz CT molecular complexity index is 1070. The van der Waals surface area contributed by atoms with Crippen LogP contribution in [0.3, 0.4) is 0 Å². The number of hydrogen-bond acceptors (Lipinski definition) is 3. The highest BCUT2D eigenvalue weighted by Crippen LogP contribution is 2.19. The molecule has 5 nitrogen and oxygen atoms in total. The van der Waals surface area contributed by atoms with E-state index in [1.165, 1.54) is 11.1 Å². The number of likely N-dealkylation sites (N-methyl/N-ethyl adjacent to an activating group) is 1. The number of hydrogen-bond donors (Lipinski definition) is 1. The number of amides is 1. The predicted molar refractivity (Wildman–Crippen MR) is 112 cm³/mol. The first-order chi connectivity index (χ1) is 13.5. The predicted octanol–water partition coefficient (Wildman–Crippen LogP) is 3.72. The molecule has 0 aliphatic carbocycles. The van der Waals surface area contributed by atoms with Crippen molar-refractivity contribution in [3.05, 3.63) is 88.2 Å². The van der Waals surface area contributed by atoms with Crippen LogP contribution in [0.1, 0.15) is 21.5 Å². The average Bonchev–Trinajstić information content (AvgIpc) is 2.70. The summed E-state index contributed by atoms with van der Waals surface area (Å²) in [6.45, 7) is 6.38. The number of carbonyl (C=O) groups is 1. The molecule has 0 aliphatic rings. The SMILES string of the molecule is C=CCc1ccccc1OCCN(C)C(=O)c1c[nH]c2c(C)cccc2c1=O. The van der Waals surface area contributed by atoms with Crippen LogP contribution in [0.15, 0.2) is 66.1 Å². The topological polar surface area (TPSA) is 62.4 Å². The van der Waals surface area contributed by atoms with E-state index in [1.54, 1.807) is 13.1 Å². The van der Waals surface area contributed by atoms with Gasteiger partial charge in [-0.2, -0.15) is 0 Å². The number of aryl methyl sites for hydroxylation is 1. The fourth-order valence-electron chi connectivity index (χ4n) is 3.13. The molecule has 1 heterocycles. The second-order valence-corrected chi connectivity index (χ2v) is 6.70. The van der Waals surface area contributed by atoms with Crippen LogP contribution in [-0.4, -0.2) is 36.0 Å². The van der Waals surface area contributed by atoms with E-state index in [4.69, 9.17) is 4.74 Å². The number of fused-ring (bicyclic) bond motifs is 1. The number of H-pyrrole nitrogens is 1. The maximum Gasteiger partial charge on any atom is 0.259 e.